The van der Waals surface area contributed by atoms with Gasteiger partial charge in [0.05, 0.1) is 37.2 Å². The minimum atomic E-state index is -1.14. The quantitative estimate of drug-likeness (QED) is 0.212. The monoisotopic (exact) mass is 546 g/mol. The normalized spacial score (nSPS) is 28.9. The molecule has 0 aromatic heterocycles. The molecule has 2 bridgehead atoms. The lowest BCUT2D eigenvalue weighted by molar-refractivity contribution is -0.158. The van der Waals surface area contributed by atoms with Crippen molar-refractivity contribution in [3.05, 3.63) is 25.3 Å². The van der Waals surface area contributed by atoms with Gasteiger partial charge in [-0.2, -0.15) is 0 Å². The number of amides is 2. The molecule has 1 N–H and O–H groups in total. The highest BCUT2D eigenvalue weighted by molar-refractivity contribution is 5.98. The van der Waals surface area contributed by atoms with Crippen molar-refractivity contribution in [3.8, 4) is 0 Å². The first-order valence-electron chi connectivity index (χ1n) is 14.5. The number of hydrogen-bond acceptors (Lipinski definition) is 6. The van der Waals surface area contributed by atoms with E-state index in [1.54, 1.807) is 22.0 Å². The average Bonchev–Trinajstić information content (AvgIpc) is 3.46. The van der Waals surface area contributed by atoms with Gasteiger partial charge in [0.15, 0.2) is 0 Å². The fourth-order valence-corrected chi connectivity index (χ4v) is 7.42. The summed E-state index contributed by atoms with van der Waals surface area (Å²) >= 11 is 0. The van der Waals surface area contributed by atoms with E-state index >= 15 is 0 Å². The van der Waals surface area contributed by atoms with Crippen LogP contribution in [0.1, 0.15) is 80.6 Å². The number of aliphatic hydroxyl groups is 1. The van der Waals surface area contributed by atoms with E-state index in [1.165, 1.54) is 0 Å². The van der Waals surface area contributed by atoms with Crippen LogP contribution < -0.4 is 0 Å². The molecule has 8 nitrogen and oxygen atoms in total. The van der Waals surface area contributed by atoms with Crippen LogP contribution in [0.15, 0.2) is 25.3 Å². The summed E-state index contributed by atoms with van der Waals surface area (Å²) in [7, 11) is 0. The molecule has 2 unspecified atom stereocenters. The van der Waals surface area contributed by atoms with E-state index in [4.69, 9.17) is 9.47 Å². The average molecular weight is 547 g/mol. The molecule has 3 heterocycles. The predicted molar refractivity (Wildman–Crippen MR) is 151 cm³/mol. The van der Waals surface area contributed by atoms with E-state index in [0.29, 0.717) is 25.8 Å². The first-order chi connectivity index (χ1) is 18.2. The van der Waals surface area contributed by atoms with E-state index in [0.717, 1.165) is 12.8 Å². The summed E-state index contributed by atoms with van der Waals surface area (Å²) in [5.41, 5.74) is -1.73. The first-order valence-corrected chi connectivity index (χ1v) is 14.5. The number of carbonyl (C=O) groups excluding carboxylic acids is 3. The van der Waals surface area contributed by atoms with Crippen LogP contribution in [-0.2, 0) is 23.9 Å². The summed E-state index contributed by atoms with van der Waals surface area (Å²) in [6.45, 7) is 22.2. The molecule has 0 saturated carbocycles. The van der Waals surface area contributed by atoms with Crippen LogP contribution >= 0.6 is 0 Å². The van der Waals surface area contributed by atoms with Crippen molar-refractivity contribution < 1.29 is 29.0 Å². The van der Waals surface area contributed by atoms with Gasteiger partial charge in [-0.25, -0.2) is 0 Å². The highest BCUT2D eigenvalue weighted by Crippen LogP contribution is 2.59. The van der Waals surface area contributed by atoms with Crippen molar-refractivity contribution in [2.45, 2.75) is 110 Å². The minimum absolute atomic E-state index is 0.0520. The molecule has 0 aromatic rings. The van der Waals surface area contributed by atoms with Gasteiger partial charge in [-0.05, 0) is 57.3 Å². The molecule has 0 aliphatic carbocycles. The van der Waals surface area contributed by atoms with Gasteiger partial charge in [0.2, 0.25) is 11.8 Å². The minimum Gasteiger partial charge on any atom is -0.465 e. The van der Waals surface area contributed by atoms with Gasteiger partial charge in [0, 0.05) is 12.1 Å². The Labute approximate surface area is 234 Å². The second kappa shape index (κ2) is 11.7. The molecule has 0 radical (unpaired) electrons. The van der Waals surface area contributed by atoms with Gasteiger partial charge in [0.25, 0.3) is 0 Å². The zero-order valence-corrected chi connectivity index (χ0v) is 25.1. The standard InChI is InChI=1S/C31H50N2O6/c1-10-12-13-17-38-28(37)23-22-14-15-31(39-22)24(23)26(35)33(21(18-34)20(3)4)25(31)27(36)32(16-11-2)30(8,9)19-29(5,6)7/h10-11,20-25,34H,1-2,12-19H2,3-9H3/t21-,22+,23-,24-,25?,31?/m0/s1. The van der Waals surface area contributed by atoms with Gasteiger partial charge < -0.3 is 24.4 Å². The maximum absolute atomic E-state index is 14.7. The summed E-state index contributed by atoms with van der Waals surface area (Å²) in [6.07, 6.45) is 6.20. The van der Waals surface area contributed by atoms with Crippen LogP contribution in [0.5, 0.6) is 0 Å². The Morgan fingerprint density at radius 2 is 1.90 bits per heavy atom. The Morgan fingerprint density at radius 1 is 1.23 bits per heavy atom. The zero-order chi connectivity index (χ0) is 29.3. The van der Waals surface area contributed by atoms with Gasteiger partial charge in [0.1, 0.15) is 11.6 Å². The van der Waals surface area contributed by atoms with Crippen LogP contribution in [-0.4, -0.2) is 81.8 Å². The van der Waals surface area contributed by atoms with Crippen molar-refractivity contribution in [1.82, 2.24) is 9.80 Å². The Morgan fingerprint density at radius 3 is 2.44 bits per heavy atom. The molecule has 3 rings (SSSR count). The molecule has 220 valence electrons. The summed E-state index contributed by atoms with van der Waals surface area (Å²) in [5.74, 6) is -2.67. The molecular weight excluding hydrogens is 496 g/mol. The summed E-state index contributed by atoms with van der Waals surface area (Å²) in [5, 5.41) is 10.4. The van der Waals surface area contributed by atoms with E-state index in [2.05, 4.69) is 33.9 Å². The highest BCUT2D eigenvalue weighted by Gasteiger charge is 2.76. The third-order valence-electron chi connectivity index (χ3n) is 8.63. The van der Waals surface area contributed by atoms with Crippen LogP contribution in [0.25, 0.3) is 0 Å². The molecule has 39 heavy (non-hydrogen) atoms. The summed E-state index contributed by atoms with van der Waals surface area (Å²) in [4.78, 5) is 45.7. The van der Waals surface area contributed by atoms with Gasteiger partial charge in [-0.1, -0.05) is 46.8 Å². The van der Waals surface area contributed by atoms with E-state index in [9.17, 15) is 19.5 Å². The largest absolute Gasteiger partial charge is 0.465 e. The third-order valence-corrected chi connectivity index (χ3v) is 8.63. The molecule has 6 atom stereocenters. The van der Waals surface area contributed by atoms with E-state index < -0.39 is 47.1 Å². The zero-order valence-electron chi connectivity index (χ0n) is 25.1. The van der Waals surface area contributed by atoms with Crippen molar-refractivity contribution in [2.24, 2.45) is 23.2 Å². The number of likely N-dealkylation sites (tertiary alicyclic amines) is 1. The second-order valence-electron chi connectivity index (χ2n) is 13.7. The molecule has 2 amide bonds. The fraction of sp³-hybridized carbons (Fsp3) is 0.774. The number of aliphatic hydroxyl groups excluding tert-OH is 1. The Hall–Kier alpha value is -2.19. The van der Waals surface area contributed by atoms with Crippen LogP contribution in [0.4, 0.5) is 0 Å². The fourth-order valence-electron chi connectivity index (χ4n) is 7.42. The van der Waals surface area contributed by atoms with Crippen LogP contribution in [0, 0.1) is 23.2 Å². The van der Waals surface area contributed by atoms with Crippen LogP contribution in [0.2, 0.25) is 0 Å². The smallest absolute Gasteiger partial charge is 0.312 e. The molecule has 3 aliphatic rings. The number of rotatable bonds is 13. The number of fused-ring (bicyclic) bond motifs is 1. The van der Waals surface area contributed by atoms with Gasteiger partial charge in [-0.15, -0.1) is 13.2 Å². The SMILES string of the molecule is C=CCCCOC(=O)[C@@H]1[C@H]2C(=O)N([C@@H](CO)C(C)C)C(C(=O)N(CC=C)C(C)(C)CC(C)(C)C)C23CC[C@H]1O3. The molecule has 1 spiro atoms. The van der Waals surface area contributed by atoms with Gasteiger partial charge in [-0.3, -0.25) is 14.4 Å². The van der Waals surface area contributed by atoms with Crippen LogP contribution in [0.3, 0.4) is 0 Å². The van der Waals surface area contributed by atoms with Crippen molar-refractivity contribution >= 4 is 17.8 Å². The molecular formula is C31H50N2O6. The lowest BCUT2D eigenvalue weighted by Crippen LogP contribution is -2.63. The number of esters is 1. The number of unbranched alkanes of at least 4 members (excludes halogenated alkanes) is 1. The van der Waals surface area contributed by atoms with Gasteiger partial charge >= 0.3 is 5.97 Å². The van der Waals surface area contributed by atoms with E-state index in [-0.39, 0.29) is 36.4 Å². The highest BCUT2D eigenvalue weighted by atomic mass is 16.6. The van der Waals surface area contributed by atoms with E-state index in [1.807, 2.05) is 27.7 Å². The first kappa shape index (κ1) is 31.3. The molecule has 3 saturated heterocycles. The number of carbonyl (C=O) groups is 3. The maximum Gasteiger partial charge on any atom is 0.312 e. The number of nitrogens with zero attached hydrogens (tertiary/aromatic N) is 2. The molecule has 0 aromatic carbocycles. The van der Waals surface area contributed by atoms with Crippen molar-refractivity contribution in [2.75, 3.05) is 19.8 Å². The summed E-state index contributed by atoms with van der Waals surface area (Å²) in [6, 6.07) is -1.54. The lowest BCUT2D eigenvalue weighted by atomic mass is 9.70. The Balaban J connectivity index is 2.07. The lowest BCUT2D eigenvalue weighted by Gasteiger charge is -2.46. The Kier molecular flexibility index (Phi) is 9.43. The topological polar surface area (TPSA) is 96.4 Å². The molecule has 8 heteroatoms. The van der Waals surface area contributed by atoms with Crippen molar-refractivity contribution in [3.63, 3.8) is 0 Å². The Bertz CT molecular complexity index is 953. The maximum atomic E-state index is 14.7. The molecule has 3 fully saturated rings. The summed E-state index contributed by atoms with van der Waals surface area (Å²) < 4.78 is 12.2. The van der Waals surface area contributed by atoms with Crippen molar-refractivity contribution in [1.29, 1.82) is 0 Å². The number of hydrogen-bond donors (Lipinski definition) is 1. The molecule has 3 aliphatic heterocycles. The number of ether oxygens (including phenoxy) is 2. The second-order valence-corrected chi connectivity index (χ2v) is 13.7. The number of allylic oxidation sites excluding steroid dienone is 1. The predicted octanol–water partition coefficient (Wildman–Crippen LogP) is 4.12. The third kappa shape index (κ3) is 5.83.